The fraction of sp³-hybridized carbons (Fsp3) is 0.111. The minimum Gasteiger partial charge on any atom is -0.423 e. The number of hydrogen-bond donors (Lipinski definition) is 3. The Kier molecular flexibility index (Phi) is 2.22. The molecule has 0 unspecified atom stereocenters. The third-order valence-corrected chi connectivity index (χ3v) is 3.31. The molecule has 2 aromatic rings. The van der Waals surface area contributed by atoms with Crippen molar-refractivity contribution in [3.63, 3.8) is 0 Å². The maximum absolute atomic E-state index is 9.11. The number of thiophene rings is 1. The van der Waals surface area contributed by atoms with Crippen molar-refractivity contribution in [2.24, 2.45) is 0 Å². The predicted octanol–water partition coefficient (Wildman–Crippen LogP) is 0.472. The Morgan fingerprint density at radius 2 is 2.07 bits per heavy atom. The van der Waals surface area contributed by atoms with Crippen molar-refractivity contribution in [1.82, 2.24) is 0 Å². The van der Waals surface area contributed by atoms with Gasteiger partial charge in [-0.2, -0.15) is 0 Å². The summed E-state index contributed by atoms with van der Waals surface area (Å²) in [6.45, 7) is 1.85. The molecule has 0 saturated carbocycles. The van der Waals surface area contributed by atoms with Gasteiger partial charge in [0.2, 0.25) is 0 Å². The summed E-state index contributed by atoms with van der Waals surface area (Å²) < 4.78 is 1.07. The van der Waals surface area contributed by atoms with Crippen molar-refractivity contribution < 1.29 is 10.0 Å². The zero-order valence-corrected chi connectivity index (χ0v) is 8.51. The number of nitrogens with two attached hydrogens (primary N) is 1. The van der Waals surface area contributed by atoms with Crippen molar-refractivity contribution in [2.45, 2.75) is 6.92 Å². The van der Waals surface area contributed by atoms with Crippen molar-refractivity contribution in [1.29, 1.82) is 0 Å². The topological polar surface area (TPSA) is 66.5 Å². The van der Waals surface area contributed by atoms with Crippen LogP contribution in [0.1, 0.15) is 5.56 Å². The van der Waals surface area contributed by atoms with Crippen LogP contribution in [0.25, 0.3) is 10.1 Å². The molecule has 0 aliphatic rings. The van der Waals surface area contributed by atoms with Gasteiger partial charge in [0.05, 0.1) is 5.69 Å². The van der Waals surface area contributed by atoms with E-state index in [0.717, 1.165) is 15.6 Å². The van der Waals surface area contributed by atoms with Crippen LogP contribution in [0.2, 0.25) is 0 Å². The first kappa shape index (κ1) is 9.52. The van der Waals surface area contributed by atoms with E-state index in [0.29, 0.717) is 11.2 Å². The Labute approximate surface area is 85.9 Å². The highest BCUT2D eigenvalue weighted by molar-refractivity contribution is 7.17. The van der Waals surface area contributed by atoms with E-state index >= 15 is 0 Å². The van der Waals surface area contributed by atoms with Gasteiger partial charge in [-0.3, -0.25) is 0 Å². The molecule has 0 fully saturated rings. The Bertz CT molecular complexity index is 481. The van der Waals surface area contributed by atoms with E-state index in [1.165, 1.54) is 0 Å². The molecule has 14 heavy (non-hydrogen) atoms. The number of rotatable bonds is 1. The summed E-state index contributed by atoms with van der Waals surface area (Å²) in [5.41, 5.74) is 7.85. The van der Waals surface area contributed by atoms with Gasteiger partial charge in [0, 0.05) is 15.5 Å². The fourth-order valence-corrected chi connectivity index (χ4v) is 2.53. The average Bonchev–Trinajstić information content (AvgIpc) is 2.48. The summed E-state index contributed by atoms with van der Waals surface area (Å²) in [4.78, 5) is 0. The lowest BCUT2D eigenvalue weighted by atomic mass is 9.76. The molecular formula is C9H10BNO2S. The third kappa shape index (κ3) is 1.30. The number of hydrogen-bond acceptors (Lipinski definition) is 4. The summed E-state index contributed by atoms with van der Waals surface area (Å²) in [6.07, 6.45) is 0. The van der Waals surface area contributed by atoms with E-state index in [1.807, 2.05) is 18.4 Å². The summed E-state index contributed by atoms with van der Waals surface area (Å²) in [5, 5.41) is 21.0. The second-order valence-corrected chi connectivity index (χ2v) is 4.13. The minimum absolute atomic E-state index is 0.516. The fourth-order valence-electron chi connectivity index (χ4n) is 1.63. The molecule has 0 atom stereocenters. The van der Waals surface area contributed by atoms with Crippen molar-refractivity contribution >= 4 is 39.7 Å². The average molecular weight is 207 g/mol. The highest BCUT2D eigenvalue weighted by Crippen LogP contribution is 2.29. The molecule has 3 nitrogen and oxygen atoms in total. The summed E-state index contributed by atoms with van der Waals surface area (Å²) in [7, 11) is -1.43. The van der Waals surface area contributed by atoms with E-state index in [1.54, 1.807) is 17.4 Å². The van der Waals surface area contributed by atoms with Crippen LogP contribution in [0.3, 0.4) is 0 Å². The number of aryl methyl sites for hydroxylation is 1. The summed E-state index contributed by atoms with van der Waals surface area (Å²) in [5.74, 6) is 0. The Balaban J connectivity index is 2.79. The lowest BCUT2D eigenvalue weighted by molar-refractivity contribution is 0.425. The van der Waals surface area contributed by atoms with Crippen LogP contribution in [0, 0.1) is 6.92 Å². The standard InChI is InChI=1S/C9H10BNO2S/c1-5-6(10(12)13)2-3-8-9(5)7(11)4-14-8/h2-4,12-13H,11H2,1H3. The SMILES string of the molecule is Cc1c(B(O)O)ccc2scc(N)c12. The van der Waals surface area contributed by atoms with E-state index in [4.69, 9.17) is 15.8 Å². The first-order valence-electron chi connectivity index (χ1n) is 4.23. The second kappa shape index (κ2) is 3.27. The Hall–Kier alpha value is -1.04. The maximum atomic E-state index is 9.11. The predicted molar refractivity (Wildman–Crippen MR) is 60.8 cm³/mol. The molecule has 4 N–H and O–H groups in total. The first-order valence-corrected chi connectivity index (χ1v) is 5.11. The van der Waals surface area contributed by atoms with Gasteiger partial charge in [-0.05, 0) is 24.0 Å². The molecule has 0 aliphatic heterocycles. The van der Waals surface area contributed by atoms with Crippen LogP contribution in [-0.4, -0.2) is 17.2 Å². The van der Waals surface area contributed by atoms with E-state index < -0.39 is 7.12 Å². The largest absolute Gasteiger partial charge is 0.488 e. The number of anilines is 1. The van der Waals surface area contributed by atoms with Crippen molar-refractivity contribution in [3.8, 4) is 0 Å². The Morgan fingerprint density at radius 1 is 1.36 bits per heavy atom. The van der Waals surface area contributed by atoms with E-state index in [-0.39, 0.29) is 0 Å². The van der Waals surface area contributed by atoms with Gasteiger partial charge < -0.3 is 15.8 Å². The molecule has 0 bridgehead atoms. The number of benzene rings is 1. The quantitative estimate of drug-likeness (QED) is 0.595. The zero-order valence-electron chi connectivity index (χ0n) is 7.69. The lowest BCUT2D eigenvalue weighted by Gasteiger charge is -2.06. The third-order valence-electron chi connectivity index (χ3n) is 2.35. The minimum atomic E-state index is -1.43. The molecule has 0 spiro atoms. The first-order chi connectivity index (χ1) is 6.61. The van der Waals surface area contributed by atoms with Gasteiger partial charge in [-0.25, -0.2) is 0 Å². The highest BCUT2D eigenvalue weighted by atomic mass is 32.1. The number of nitrogen functional groups attached to an aromatic ring is 1. The lowest BCUT2D eigenvalue weighted by Crippen LogP contribution is -2.32. The van der Waals surface area contributed by atoms with Crippen molar-refractivity contribution in [2.75, 3.05) is 5.73 Å². The van der Waals surface area contributed by atoms with Gasteiger partial charge >= 0.3 is 7.12 Å². The molecular weight excluding hydrogens is 197 g/mol. The van der Waals surface area contributed by atoms with Crippen LogP contribution < -0.4 is 11.2 Å². The van der Waals surface area contributed by atoms with Crippen LogP contribution >= 0.6 is 11.3 Å². The summed E-state index contributed by atoms with van der Waals surface area (Å²) >= 11 is 1.56. The number of fused-ring (bicyclic) bond motifs is 1. The molecule has 0 aliphatic carbocycles. The molecule has 72 valence electrons. The molecule has 1 heterocycles. The van der Waals surface area contributed by atoms with Crippen LogP contribution in [0.4, 0.5) is 5.69 Å². The van der Waals surface area contributed by atoms with Crippen LogP contribution in [-0.2, 0) is 0 Å². The van der Waals surface area contributed by atoms with Crippen LogP contribution in [0.5, 0.6) is 0 Å². The molecule has 1 aromatic heterocycles. The van der Waals surface area contributed by atoms with Crippen molar-refractivity contribution in [3.05, 3.63) is 23.1 Å². The molecule has 2 rings (SSSR count). The summed E-state index contributed by atoms with van der Waals surface area (Å²) in [6, 6.07) is 3.58. The molecule has 1 aromatic carbocycles. The van der Waals surface area contributed by atoms with Crippen LogP contribution in [0.15, 0.2) is 17.5 Å². The van der Waals surface area contributed by atoms with Gasteiger partial charge in [-0.15, -0.1) is 11.3 Å². The highest BCUT2D eigenvalue weighted by Gasteiger charge is 2.16. The van der Waals surface area contributed by atoms with Gasteiger partial charge in [0.25, 0.3) is 0 Å². The molecule has 5 heteroatoms. The molecule has 0 amide bonds. The van der Waals surface area contributed by atoms with Gasteiger partial charge in [-0.1, -0.05) is 6.07 Å². The molecule has 0 radical (unpaired) electrons. The van der Waals surface area contributed by atoms with Gasteiger partial charge in [0.1, 0.15) is 0 Å². The molecule has 0 saturated heterocycles. The van der Waals surface area contributed by atoms with E-state index in [2.05, 4.69) is 0 Å². The smallest absolute Gasteiger partial charge is 0.423 e. The van der Waals surface area contributed by atoms with Gasteiger partial charge in [0.15, 0.2) is 0 Å². The normalized spacial score (nSPS) is 10.8. The Morgan fingerprint density at radius 3 is 2.71 bits per heavy atom. The monoisotopic (exact) mass is 207 g/mol. The zero-order chi connectivity index (χ0) is 10.3. The van der Waals surface area contributed by atoms with E-state index in [9.17, 15) is 0 Å². The maximum Gasteiger partial charge on any atom is 0.488 e. The second-order valence-electron chi connectivity index (χ2n) is 3.22.